The van der Waals surface area contributed by atoms with Crippen molar-refractivity contribution in [1.82, 2.24) is 10.2 Å². The van der Waals surface area contributed by atoms with E-state index in [1.165, 1.54) is 25.5 Å². The van der Waals surface area contributed by atoms with Crippen molar-refractivity contribution in [2.75, 3.05) is 26.2 Å². The maximum atomic E-state index is 13.2. The second kappa shape index (κ2) is 6.86. The van der Waals surface area contributed by atoms with E-state index >= 15 is 0 Å². The molecule has 0 amide bonds. The average molecular weight is 292 g/mol. The lowest BCUT2D eigenvalue weighted by molar-refractivity contribution is -0.0476. The highest BCUT2D eigenvalue weighted by molar-refractivity contribution is 5.17. The van der Waals surface area contributed by atoms with Crippen molar-refractivity contribution >= 4 is 0 Å². The molecule has 0 aromatic heterocycles. The minimum atomic E-state index is -0.157. The number of nitrogens with one attached hydrogen (secondary N) is 1. The van der Waals surface area contributed by atoms with Crippen molar-refractivity contribution in [3.63, 3.8) is 0 Å². The summed E-state index contributed by atoms with van der Waals surface area (Å²) in [7, 11) is 0. The Hall–Kier alpha value is -0.970. The first-order valence-corrected chi connectivity index (χ1v) is 8.04. The van der Waals surface area contributed by atoms with E-state index < -0.39 is 0 Å². The molecule has 2 heterocycles. The summed E-state index contributed by atoms with van der Waals surface area (Å²) in [6.07, 6.45) is 3.73. The van der Waals surface area contributed by atoms with Crippen molar-refractivity contribution in [1.29, 1.82) is 0 Å². The van der Waals surface area contributed by atoms with E-state index in [0.29, 0.717) is 12.1 Å². The van der Waals surface area contributed by atoms with Crippen LogP contribution in [0.5, 0.6) is 0 Å². The van der Waals surface area contributed by atoms with E-state index in [1.54, 1.807) is 12.1 Å². The van der Waals surface area contributed by atoms with Crippen LogP contribution in [0.15, 0.2) is 24.3 Å². The highest BCUT2D eigenvalue weighted by atomic mass is 19.1. The van der Waals surface area contributed by atoms with Gasteiger partial charge in [0.1, 0.15) is 5.82 Å². The van der Waals surface area contributed by atoms with E-state index in [2.05, 4.69) is 17.1 Å². The van der Waals surface area contributed by atoms with Gasteiger partial charge in [0.25, 0.3) is 0 Å². The smallest absolute Gasteiger partial charge is 0.123 e. The fraction of sp³-hybridized carbons (Fsp3) is 0.647. The van der Waals surface area contributed by atoms with Gasteiger partial charge in [-0.25, -0.2) is 4.39 Å². The molecule has 3 rings (SSSR count). The minimum Gasteiger partial charge on any atom is -0.374 e. The second-order valence-corrected chi connectivity index (χ2v) is 6.39. The summed E-state index contributed by atoms with van der Waals surface area (Å²) < 4.78 is 19.1. The number of benzene rings is 1. The molecule has 21 heavy (non-hydrogen) atoms. The number of halogens is 1. The zero-order valence-electron chi connectivity index (χ0n) is 12.7. The van der Waals surface area contributed by atoms with Crippen molar-refractivity contribution in [3.8, 4) is 0 Å². The molecule has 3 nitrogen and oxygen atoms in total. The first kappa shape index (κ1) is 14.9. The van der Waals surface area contributed by atoms with Crippen LogP contribution in [0.3, 0.4) is 0 Å². The van der Waals surface area contributed by atoms with Crippen LogP contribution in [0.25, 0.3) is 0 Å². The summed E-state index contributed by atoms with van der Waals surface area (Å²) >= 11 is 0. The third-order valence-corrected chi connectivity index (χ3v) is 4.59. The molecule has 2 aliphatic rings. The minimum absolute atomic E-state index is 0.157. The van der Waals surface area contributed by atoms with Gasteiger partial charge in [-0.05, 0) is 50.4 Å². The van der Waals surface area contributed by atoms with Gasteiger partial charge in [0.15, 0.2) is 0 Å². The second-order valence-electron chi connectivity index (χ2n) is 6.39. The lowest BCUT2D eigenvalue weighted by atomic mass is 10.1. The molecule has 0 radical (unpaired) electrons. The van der Waals surface area contributed by atoms with Crippen LogP contribution in [-0.4, -0.2) is 49.3 Å². The van der Waals surface area contributed by atoms with Crippen LogP contribution in [0, 0.1) is 5.82 Å². The van der Waals surface area contributed by atoms with Gasteiger partial charge in [-0.15, -0.1) is 0 Å². The van der Waals surface area contributed by atoms with Crippen LogP contribution < -0.4 is 5.32 Å². The third kappa shape index (κ3) is 4.02. The molecule has 1 aromatic rings. The predicted molar refractivity (Wildman–Crippen MR) is 81.9 cm³/mol. The Kier molecular flexibility index (Phi) is 4.88. The van der Waals surface area contributed by atoms with Gasteiger partial charge in [0.2, 0.25) is 0 Å². The zero-order valence-corrected chi connectivity index (χ0v) is 12.7. The largest absolute Gasteiger partial charge is 0.374 e. The summed E-state index contributed by atoms with van der Waals surface area (Å²) in [5, 5.41) is 3.53. The number of nitrogens with zero attached hydrogens (tertiary/aromatic N) is 1. The highest BCUT2D eigenvalue weighted by Gasteiger charge is 2.31. The molecule has 0 saturated carbocycles. The maximum Gasteiger partial charge on any atom is 0.123 e. The summed E-state index contributed by atoms with van der Waals surface area (Å²) in [5.74, 6) is -0.157. The molecular formula is C17H25FN2O. The number of morpholine rings is 1. The molecule has 3 atom stereocenters. The van der Waals surface area contributed by atoms with E-state index in [-0.39, 0.29) is 11.9 Å². The topological polar surface area (TPSA) is 24.5 Å². The Morgan fingerprint density at radius 1 is 1.48 bits per heavy atom. The van der Waals surface area contributed by atoms with Gasteiger partial charge in [-0.1, -0.05) is 12.1 Å². The Labute approximate surface area is 126 Å². The summed E-state index contributed by atoms with van der Waals surface area (Å²) in [6.45, 7) is 6.17. The lowest BCUT2D eigenvalue weighted by Gasteiger charge is -2.35. The Morgan fingerprint density at radius 3 is 3.24 bits per heavy atom. The predicted octanol–water partition coefficient (Wildman–Crippen LogP) is 2.21. The molecule has 3 unspecified atom stereocenters. The van der Waals surface area contributed by atoms with Gasteiger partial charge >= 0.3 is 0 Å². The van der Waals surface area contributed by atoms with Crippen molar-refractivity contribution in [3.05, 3.63) is 35.6 Å². The number of hydrogen-bond acceptors (Lipinski definition) is 3. The molecule has 0 spiro atoms. The Bertz CT molecular complexity index is 468. The fourth-order valence-corrected chi connectivity index (χ4v) is 3.43. The van der Waals surface area contributed by atoms with E-state index in [0.717, 1.165) is 31.7 Å². The quantitative estimate of drug-likeness (QED) is 0.900. The van der Waals surface area contributed by atoms with Gasteiger partial charge in [0.05, 0.1) is 12.7 Å². The van der Waals surface area contributed by atoms with Crippen LogP contribution in [0.2, 0.25) is 0 Å². The summed E-state index contributed by atoms with van der Waals surface area (Å²) in [5.41, 5.74) is 1.04. The monoisotopic (exact) mass is 292 g/mol. The van der Waals surface area contributed by atoms with Crippen LogP contribution in [0.1, 0.15) is 25.3 Å². The highest BCUT2D eigenvalue weighted by Crippen LogP contribution is 2.22. The van der Waals surface area contributed by atoms with Crippen molar-refractivity contribution in [2.45, 2.75) is 44.4 Å². The molecule has 2 fully saturated rings. The van der Waals surface area contributed by atoms with E-state index in [1.807, 2.05) is 6.07 Å². The van der Waals surface area contributed by atoms with Gasteiger partial charge in [-0.2, -0.15) is 0 Å². The maximum absolute atomic E-state index is 13.2. The molecular weight excluding hydrogens is 267 g/mol. The van der Waals surface area contributed by atoms with Crippen LogP contribution in [0.4, 0.5) is 4.39 Å². The normalized spacial score (nSPS) is 27.5. The van der Waals surface area contributed by atoms with E-state index in [4.69, 9.17) is 4.74 Å². The molecule has 1 aromatic carbocycles. The molecule has 4 heteroatoms. The van der Waals surface area contributed by atoms with Gasteiger partial charge < -0.3 is 10.1 Å². The van der Waals surface area contributed by atoms with Gasteiger partial charge in [-0.3, -0.25) is 4.90 Å². The van der Waals surface area contributed by atoms with Crippen molar-refractivity contribution < 1.29 is 9.13 Å². The summed E-state index contributed by atoms with van der Waals surface area (Å²) in [6, 6.07) is 7.84. The zero-order chi connectivity index (χ0) is 14.7. The number of ether oxygens (including phenoxy) is 1. The molecule has 2 saturated heterocycles. The van der Waals surface area contributed by atoms with Crippen LogP contribution >= 0.6 is 0 Å². The Balaban J connectivity index is 1.42. The fourth-order valence-electron chi connectivity index (χ4n) is 3.43. The third-order valence-electron chi connectivity index (χ3n) is 4.59. The number of hydrogen-bond donors (Lipinski definition) is 1. The van der Waals surface area contributed by atoms with Crippen LogP contribution in [-0.2, 0) is 11.2 Å². The average Bonchev–Trinajstić information content (AvgIpc) is 2.92. The lowest BCUT2D eigenvalue weighted by Crippen LogP contribution is -2.50. The van der Waals surface area contributed by atoms with Gasteiger partial charge in [0, 0.05) is 25.2 Å². The number of fused-ring (bicyclic) bond motifs is 1. The molecule has 2 aliphatic heterocycles. The van der Waals surface area contributed by atoms with E-state index in [9.17, 15) is 4.39 Å². The first-order valence-electron chi connectivity index (χ1n) is 8.04. The molecule has 0 aliphatic carbocycles. The summed E-state index contributed by atoms with van der Waals surface area (Å²) in [4.78, 5) is 2.56. The van der Waals surface area contributed by atoms with Crippen molar-refractivity contribution in [2.24, 2.45) is 0 Å². The molecule has 116 valence electrons. The molecule has 0 bridgehead atoms. The Morgan fingerprint density at radius 2 is 2.38 bits per heavy atom. The molecule has 1 N–H and O–H groups in total. The standard InChI is InChI=1S/C17H25FN2O/c1-13(8-14-4-2-5-15(18)9-14)19-10-17-11-20-7-3-6-16(20)12-21-17/h2,4-5,9,13,16-17,19H,3,6-8,10-12H2,1H3. The SMILES string of the molecule is CC(Cc1cccc(F)c1)NCC1CN2CCCC2CO1. The first-order chi connectivity index (χ1) is 10.2. The number of rotatable bonds is 5.